The van der Waals surface area contributed by atoms with Crippen molar-refractivity contribution >= 4 is 6.09 Å². The number of hydrogen-bond acceptors (Lipinski definition) is 3. The minimum absolute atomic E-state index is 0.0960. The van der Waals surface area contributed by atoms with Gasteiger partial charge in [0.1, 0.15) is 5.60 Å². The lowest BCUT2D eigenvalue weighted by Crippen LogP contribution is -2.32. The van der Waals surface area contributed by atoms with E-state index >= 15 is 0 Å². The maximum Gasteiger partial charge on any atom is 0.416 e. The number of carbonyl (C=O) groups excluding carboxylic acids is 1. The Kier molecular flexibility index (Phi) is 6.25. The molecule has 0 fully saturated rings. The topological polar surface area (TPSA) is 62.1 Å². The van der Waals surface area contributed by atoms with E-state index in [2.05, 4.69) is 17.2 Å². The molecule has 0 heterocycles. The molecule has 0 spiro atoms. The molecule has 1 aromatic carbocycles. The van der Waals surface area contributed by atoms with Crippen LogP contribution in [0, 0.1) is 23.2 Å². The molecule has 128 valence electrons. The molecule has 0 aliphatic rings. The summed E-state index contributed by atoms with van der Waals surface area (Å²) in [5.74, 6) is 5.21. The predicted octanol–water partition coefficient (Wildman–Crippen LogP) is 3.84. The Morgan fingerprint density at radius 3 is 2.38 bits per heavy atom. The van der Waals surface area contributed by atoms with Gasteiger partial charge in [-0.05, 0) is 39.0 Å². The third-order valence-corrected chi connectivity index (χ3v) is 2.54. The van der Waals surface area contributed by atoms with Crippen molar-refractivity contribution < 1.29 is 22.7 Å². The fraction of sp³-hybridized carbons (Fsp3) is 0.412. The number of nitrogens with zero attached hydrogens (tertiary/aromatic N) is 1. The summed E-state index contributed by atoms with van der Waals surface area (Å²) >= 11 is 0. The molecule has 0 saturated heterocycles. The maximum absolute atomic E-state index is 12.7. The van der Waals surface area contributed by atoms with Gasteiger partial charge in [-0.3, -0.25) is 0 Å². The van der Waals surface area contributed by atoms with Crippen LogP contribution in [0.25, 0.3) is 0 Å². The van der Waals surface area contributed by atoms with E-state index in [9.17, 15) is 18.0 Å². The van der Waals surface area contributed by atoms with Gasteiger partial charge in [0.2, 0.25) is 0 Å². The van der Waals surface area contributed by atoms with E-state index in [-0.39, 0.29) is 24.1 Å². The summed E-state index contributed by atoms with van der Waals surface area (Å²) in [4.78, 5) is 11.4. The fourth-order valence-corrected chi connectivity index (χ4v) is 1.63. The SMILES string of the molecule is CC(C)(C)OC(=O)NCCC#Cc1cc(C#N)cc(C(F)(F)F)c1. The molecule has 0 radical (unpaired) electrons. The van der Waals surface area contributed by atoms with Crippen molar-refractivity contribution in [3.05, 3.63) is 34.9 Å². The molecule has 1 N–H and O–H groups in total. The second kappa shape index (κ2) is 7.74. The first kappa shape index (κ1) is 19.4. The standard InChI is InChI=1S/C17H17F3N2O2/c1-16(2,3)24-15(23)22-7-5-4-6-12-8-13(11-21)10-14(9-12)17(18,19)20/h8-10H,5,7H2,1-3H3,(H,22,23). The molecule has 1 amide bonds. The van der Waals surface area contributed by atoms with Crippen LogP contribution in [0.4, 0.5) is 18.0 Å². The van der Waals surface area contributed by atoms with Crippen molar-refractivity contribution in [2.75, 3.05) is 6.54 Å². The lowest BCUT2D eigenvalue weighted by Gasteiger charge is -2.19. The Morgan fingerprint density at radius 2 is 1.83 bits per heavy atom. The van der Waals surface area contributed by atoms with Crippen molar-refractivity contribution in [2.24, 2.45) is 0 Å². The number of halogens is 3. The largest absolute Gasteiger partial charge is 0.444 e. The van der Waals surface area contributed by atoms with Gasteiger partial charge in [0.05, 0.1) is 17.2 Å². The first-order valence-electron chi connectivity index (χ1n) is 7.09. The van der Waals surface area contributed by atoms with E-state index in [1.807, 2.05) is 0 Å². The number of rotatable bonds is 2. The number of alkyl carbamates (subject to hydrolysis) is 1. The smallest absolute Gasteiger partial charge is 0.416 e. The van der Waals surface area contributed by atoms with Gasteiger partial charge in [-0.25, -0.2) is 4.79 Å². The molecule has 0 unspecified atom stereocenters. The molecule has 4 nitrogen and oxygen atoms in total. The normalized spacial score (nSPS) is 11.0. The lowest BCUT2D eigenvalue weighted by atomic mass is 10.1. The van der Waals surface area contributed by atoms with Gasteiger partial charge >= 0.3 is 12.3 Å². The van der Waals surface area contributed by atoms with Gasteiger partial charge in [0, 0.05) is 18.5 Å². The molecule has 1 rings (SSSR count). The second-order valence-corrected chi connectivity index (χ2v) is 5.89. The van der Waals surface area contributed by atoms with E-state index in [1.165, 1.54) is 6.07 Å². The number of nitrogens with one attached hydrogen (secondary N) is 1. The minimum Gasteiger partial charge on any atom is -0.444 e. The number of hydrogen-bond donors (Lipinski definition) is 1. The van der Waals surface area contributed by atoms with Gasteiger partial charge in [-0.2, -0.15) is 18.4 Å². The molecular weight excluding hydrogens is 321 g/mol. The molecule has 1 aromatic rings. The zero-order valence-electron chi connectivity index (χ0n) is 13.5. The molecule has 0 aromatic heterocycles. The summed E-state index contributed by atoms with van der Waals surface area (Å²) in [5.41, 5.74) is -1.54. The van der Waals surface area contributed by atoms with Crippen molar-refractivity contribution in [1.29, 1.82) is 5.26 Å². The Balaban J connectivity index is 2.67. The molecule has 0 saturated carbocycles. The van der Waals surface area contributed by atoms with Crippen LogP contribution >= 0.6 is 0 Å². The number of amides is 1. The van der Waals surface area contributed by atoms with Gasteiger partial charge in [-0.15, -0.1) is 0 Å². The summed E-state index contributed by atoms with van der Waals surface area (Å²) in [6.45, 7) is 5.39. The Morgan fingerprint density at radius 1 is 1.21 bits per heavy atom. The molecule has 0 aliphatic carbocycles. The highest BCUT2D eigenvalue weighted by molar-refractivity contribution is 5.67. The summed E-state index contributed by atoms with van der Waals surface area (Å²) in [7, 11) is 0. The van der Waals surface area contributed by atoms with E-state index in [1.54, 1.807) is 26.8 Å². The maximum atomic E-state index is 12.7. The van der Waals surface area contributed by atoms with Crippen LogP contribution in [-0.2, 0) is 10.9 Å². The lowest BCUT2D eigenvalue weighted by molar-refractivity contribution is -0.137. The number of benzene rings is 1. The summed E-state index contributed by atoms with van der Waals surface area (Å²) < 4.78 is 43.2. The monoisotopic (exact) mass is 338 g/mol. The average molecular weight is 338 g/mol. The van der Waals surface area contributed by atoms with Crippen LogP contribution in [0.2, 0.25) is 0 Å². The van der Waals surface area contributed by atoms with E-state index < -0.39 is 23.4 Å². The Bertz CT molecular complexity index is 702. The third kappa shape index (κ3) is 7.06. The molecule has 0 bridgehead atoms. The molecule has 7 heteroatoms. The van der Waals surface area contributed by atoms with Gasteiger partial charge < -0.3 is 10.1 Å². The summed E-state index contributed by atoms with van der Waals surface area (Å²) in [5, 5.41) is 11.3. The summed E-state index contributed by atoms with van der Waals surface area (Å²) in [6, 6.07) is 4.62. The molecular formula is C17H17F3N2O2. The first-order valence-corrected chi connectivity index (χ1v) is 7.09. The van der Waals surface area contributed by atoms with E-state index in [4.69, 9.17) is 10.00 Å². The van der Waals surface area contributed by atoms with Crippen LogP contribution < -0.4 is 5.32 Å². The zero-order valence-corrected chi connectivity index (χ0v) is 13.5. The molecule has 0 atom stereocenters. The third-order valence-electron chi connectivity index (χ3n) is 2.54. The van der Waals surface area contributed by atoms with E-state index in [0.29, 0.717) is 0 Å². The van der Waals surface area contributed by atoms with Crippen molar-refractivity contribution in [3.63, 3.8) is 0 Å². The van der Waals surface area contributed by atoms with Gasteiger partial charge in [0.25, 0.3) is 0 Å². The summed E-state index contributed by atoms with van der Waals surface area (Å²) in [6.07, 6.45) is -4.89. The number of nitriles is 1. The van der Waals surface area contributed by atoms with Crippen LogP contribution in [0.3, 0.4) is 0 Å². The van der Waals surface area contributed by atoms with Crippen molar-refractivity contribution in [1.82, 2.24) is 5.32 Å². The quantitative estimate of drug-likeness (QED) is 0.658. The first-order chi connectivity index (χ1) is 11.0. The van der Waals surface area contributed by atoms with Crippen molar-refractivity contribution in [2.45, 2.75) is 39.0 Å². The van der Waals surface area contributed by atoms with Crippen LogP contribution in [0.15, 0.2) is 18.2 Å². The highest BCUT2D eigenvalue weighted by Crippen LogP contribution is 2.30. The van der Waals surface area contributed by atoms with Gasteiger partial charge in [0.15, 0.2) is 0 Å². The Labute approximate surface area is 138 Å². The Hall–Kier alpha value is -2.67. The number of ether oxygens (including phenoxy) is 1. The zero-order chi connectivity index (χ0) is 18.4. The van der Waals surface area contributed by atoms with Gasteiger partial charge in [-0.1, -0.05) is 11.8 Å². The van der Waals surface area contributed by atoms with E-state index in [0.717, 1.165) is 12.1 Å². The second-order valence-electron chi connectivity index (χ2n) is 5.89. The predicted molar refractivity (Wildman–Crippen MR) is 81.9 cm³/mol. The minimum atomic E-state index is -4.54. The van der Waals surface area contributed by atoms with Crippen LogP contribution in [0.1, 0.15) is 43.9 Å². The number of alkyl halides is 3. The fourth-order valence-electron chi connectivity index (χ4n) is 1.63. The van der Waals surface area contributed by atoms with Crippen LogP contribution in [-0.4, -0.2) is 18.2 Å². The highest BCUT2D eigenvalue weighted by Gasteiger charge is 2.31. The molecule has 0 aliphatic heterocycles. The van der Waals surface area contributed by atoms with Crippen LogP contribution in [0.5, 0.6) is 0 Å². The number of carbonyl (C=O) groups is 1. The molecule has 24 heavy (non-hydrogen) atoms. The van der Waals surface area contributed by atoms with Crippen molar-refractivity contribution in [3.8, 4) is 17.9 Å². The highest BCUT2D eigenvalue weighted by atomic mass is 19.4. The average Bonchev–Trinajstić information content (AvgIpc) is 2.43.